The second kappa shape index (κ2) is 3.61. The Kier molecular flexibility index (Phi) is 2.29. The lowest BCUT2D eigenvalue weighted by Crippen LogP contribution is -2.28. The Morgan fingerprint density at radius 1 is 1.33 bits per heavy atom. The van der Waals surface area contributed by atoms with Gasteiger partial charge in [0.25, 0.3) is 5.91 Å². The zero-order chi connectivity index (χ0) is 10.8. The molecule has 0 bridgehead atoms. The predicted molar refractivity (Wildman–Crippen MR) is 51.8 cm³/mol. The minimum Gasteiger partial charge on any atom is -0.495 e. The predicted octanol–water partition coefficient (Wildman–Crippen LogP) is 1.18. The fraction of sp³-hybridized carbons (Fsp3) is 0.200. The van der Waals surface area contributed by atoms with Crippen LogP contribution in [-0.2, 0) is 9.53 Å². The van der Waals surface area contributed by atoms with Crippen molar-refractivity contribution in [3.8, 4) is 5.75 Å². The molecule has 78 valence electrons. The maximum Gasteiger partial charge on any atom is 0.421 e. The molecule has 0 spiro atoms. The molecular formula is C10H9NO4. The number of para-hydroxylation sites is 2. The molecule has 0 radical (unpaired) electrons. The van der Waals surface area contributed by atoms with E-state index in [1.807, 2.05) is 0 Å². The van der Waals surface area contributed by atoms with Gasteiger partial charge in [-0.2, -0.15) is 0 Å². The number of hydrogen-bond donors (Lipinski definition) is 0. The van der Waals surface area contributed by atoms with Crippen LogP contribution in [0.1, 0.15) is 0 Å². The zero-order valence-corrected chi connectivity index (χ0v) is 8.10. The van der Waals surface area contributed by atoms with Gasteiger partial charge in [0, 0.05) is 0 Å². The fourth-order valence-corrected chi connectivity index (χ4v) is 1.40. The number of ether oxygens (including phenoxy) is 2. The summed E-state index contributed by atoms with van der Waals surface area (Å²) >= 11 is 0. The molecule has 0 N–H and O–H groups in total. The van der Waals surface area contributed by atoms with E-state index in [1.165, 1.54) is 7.11 Å². The molecule has 1 heterocycles. The molecule has 0 unspecified atom stereocenters. The average Bonchev–Trinajstić information content (AvgIpc) is 2.59. The van der Waals surface area contributed by atoms with Gasteiger partial charge in [-0.05, 0) is 12.1 Å². The molecule has 2 amide bonds. The third kappa shape index (κ3) is 1.52. The van der Waals surface area contributed by atoms with Crippen LogP contribution in [0.2, 0.25) is 0 Å². The van der Waals surface area contributed by atoms with E-state index in [-0.39, 0.29) is 12.5 Å². The number of cyclic esters (lactones) is 1. The molecule has 5 heteroatoms. The van der Waals surface area contributed by atoms with Gasteiger partial charge in [0.15, 0.2) is 6.61 Å². The maximum absolute atomic E-state index is 11.4. The monoisotopic (exact) mass is 207 g/mol. The third-order valence-corrected chi connectivity index (χ3v) is 2.08. The molecule has 1 aromatic rings. The first kappa shape index (κ1) is 9.51. The highest BCUT2D eigenvalue weighted by Gasteiger charge is 2.34. The van der Waals surface area contributed by atoms with E-state index >= 15 is 0 Å². The fourth-order valence-electron chi connectivity index (χ4n) is 1.40. The zero-order valence-electron chi connectivity index (χ0n) is 8.10. The minimum atomic E-state index is -0.662. The standard InChI is InChI=1S/C10H9NO4/c1-14-8-5-3-2-4-7(8)11-9(12)6-15-10(11)13/h2-5H,6H2,1H3. The second-order valence-electron chi connectivity index (χ2n) is 2.96. The Morgan fingerprint density at radius 3 is 2.67 bits per heavy atom. The van der Waals surface area contributed by atoms with Crippen molar-refractivity contribution < 1.29 is 19.1 Å². The van der Waals surface area contributed by atoms with Gasteiger partial charge in [0.05, 0.1) is 12.8 Å². The number of carbonyl (C=O) groups excluding carboxylic acids is 2. The third-order valence-electron chi connectivity index (χ3n) is 2.08. The molecule has 0 atom stereocenters. The Balaban J connectivity index is 2.44. The average molecular weight is 207 g/mol. The Morgan fingerprint density at radius 2 is 2.07 bits per heavy atom. The summed E-state index contributed by atoms with van der Waals surface area (Å²) in [6, 6.07) is 6.78. The van der Waals surface area contributed by atoms with Crippen LogP contribution in [0.4, 0.5) is 10.5 Å². The van der Waals surface area contributed by atoms with Gasteiger partial charge in [0.2, 0.25) is 0 Å². The molecule has 0 aliphatic carbocycles. The first-order chi connectivity index (χ1) is 7.24. The summed E-state index contributed by atoms with van der Waals surface area (Å²) in [5, 5.41) is 0. The largest absolute Gasteiger partial charge is 0.495 e. The van der Waals surface area contributed by atoms with Gasteiger partial charge < -0.3 is 9.47 Å². The summed E-state index contributed by atoms with van der Waals surface area (Å²) < 4.78 is 9.67. The van der Waals surface area contributed by atoms with Crippen molar-refractivity contribution in [2.24, 2.45) is 0 Å². The molecule has 0 saturated carbocycles. The number of nitrogens with zero attached hydrogens (tertiary/aromatic N) is 1. The van der Waals surface area contributed by atoms with Crippen LogP contribution in [0.5, 0.6) is 5.75 Å². The van der Waals surface area contributed by atoms with Crippen molar-refractivity contribution in [3.05, 3.63) is 24.3 Å². The van der Waals surface area contributed by atoms with Crippen LogP contribution in [-0.4, -0.2) is 25.7 Å². The molecule has 2 rings (SSSR count). The molecule has 1 saturated heterocycles. The van der Waals surface area contributed by atoms with Crippen molar-refractivity contribution >= 4 is 17.7 Å². The van der Waals surface area contributed by atoms with Crippen LogP contribution in [0, 0.1) is 0 Å². The number of anilines is 1. The number of methoxy groups -OCH3 is 1. The lowest BCUT2D eigenvalue weighted by molar-refractivity contribution is -0.117. The molecule has 1 fully saturated rings. The van der Waals surface area contributed by atoms with Crippen LogP contribution in [0.15, 0.2) is 24.3 Å². The molecule has 1 aliphatic heterocycles. The van der Waals surface area contributed by atoms with E-state index in [0.717, 1.165) is 4.90 Å². The summed E-state index contributed by atoms with van der Waals surface area (Å²) in [4.78, 5) is 23.6. The van der Waals surface area contributed by atoms with Gasteiger partial charge in [-0.25, -0.2) is 9.69 Å². The summed E-state index contributed by atoms with van der Waals surface area (Å²) in [5.41, 5.74) is 0.410. The van der Waals surface area contributed by atoms with E-state index in [4.69, 9.17) is 4.74 Å². The molecule has 0 aromatic heterocycles. The Labute approximate surface area is 86.2 Å². The van der Waals surface area contributed by atoms with E-state index in [0.29, 0.717) is 11.4 Å². The summed E-state index contributed by atoms with van der Waals surface area (Å²) in [6.45, 7) is -0.211. The first-order valence-corrected chi connectivity index (χ1v) is 4.37. The van der Waals surface area contributed by atoms with E-state index < -0.39 is 6.09 Å². The number of amides is 2. The highest BCUT2D eigenvalue weighted by Crippen LogP contribution is 2.29. The van der Waals surface area contributed by atoms with Crippen molar-refractivity contribution in [1.82, 2.24) is 0 Å². The van der Waals surface area contributed by atoms with Crippen LogP contribution >= 0.6 is 0 Å². The quantitative estimate of drug-likeness (QED) is 0.730. The van der Waals surface area contributed by atoms with E-state index in [1.54, 1.807) is 24.3 Å². The van der Waals surface area contributed by atoms with E-state index in [9.17, 15) is 9.59 Å². The summed E-state index contributed by atoms with van der Waals surface area (Å²) in [7, 11) is 1.48. The SMILES string of the molecule is COc1ccccc1N1C(=O)COC1=O. The van der Waals surface area contributed by atoms with Gasteiger partial charge >= 0.3 is 6.09 Å². The van der Waals surface area contributed by atoms with E-state index in [2.05, 4.69) is 4.74 Å². The van der Waals surface area contributed by atoms with Crippen molar-refractivity contribution in [2.75, 3.05) is 18.6 Å². The Hall–Kier alpha value is -2.04. The van der Waals surface area contributed by atoms with Crippen molar-refractivity contribution in [2.45, 2.75) is 0 Å². The van der Waals surface area contributed by atoms with Gasteiger partial charge in [-0.1, -0.05) is 12.1 Å². The number of imide groups is 1. The molecule has 15 heavy (non-hydrogen) atoms. The van der Waals surface area contributed by atoms with Crippen molar-refractivity contribution in [3.63, 3.8) is 0 Å². The first-order valence-electron chi connectivity index (χ1n) is 4.37. The highest BCUT2D eigenvalue weighted by molar-refractivity contribution is 6.17. The molecule has 1 aliphatic rings. The number of hydrogen-bond acceptors (Lipinski definition) is 4. The number of carbonyl (C=O) groups is 2. The van der Waals surface area contributed by atoms with Crippen molar-refractivity contribution in [1.29, 1.82) is 0 Å². The van der Waals surface area contributed by atoms with Crippen LogP contribution in [0.25, 0.3) is 0 Å². The second-order valence-corrected chi connectivity index (χ2v) is 2.96. The van der Waals surface area contributed by atoms with Crippen LogP contribution in [0.3, 0.4) is 0 Å². The van der Waals surface area contributed by atoms with Gasteiger partial charge in [-0.15, -0.1) is 0 Å². The number of rotatable bonds is 2. The smallest absolute Gasteiger partial charge is 0.421 e. The molecular weight excluding hydrogens is 198 g/mol. The summed E-state index contributed by atoms with van der Waals surface area (Å²) in [5.74, 6) is 0.0780. The lowest BCUT2D eigenvalue weighted by atomic mass is 10.2. The summed E-state index contributed by atoms with van der Waals surface area (Å²) in [6.07, 6.45) is -0.662. The Bertz CT molecular complexity index is 400. The van der Waals surface area contributed by atoms with Gasteiger partial charge in [0.1, 0.15) is 5.75 Å². The normalized spacial score (nSPS) is 15.4. The number of benzene rings is 1. The van der Waals surface area contributed by atoms with Gasteiger partial charge in [-0.3, -0.25) is 4.79 Å². The maximum atomic E-state index is 11.4. The minimum absolute atomic E-state index is 0.211. The highest BCUT2D eigenvalue weighted by atomic mass is 16.6. The molecule has 5 nitrogen and oxygen atoms in total. The molecule has 1 aromatic carbocycles. The van der Waals surface area contributed by atoms with Crippen LogP contribution < -0.4 is 9.64 Å². The topological polar surface area (TPSA) is 55.8 Å². The lowest BCUT2D eigenvalue weighted by Gasteiger charge is -2.14.